The molecule has 3 rings (SSSR count). The molecule has 0 unspecified atom stereocenters. The highest BCUT2D eigenvalue weighted by Crippen LogP contribution is 2.23. The molecule has 0 aliphatic carbocycles. The fourth-order valence-electron chi connectivity index (χ4n) is 2.49. The molecule has 104 valence electrons. The molecule has 1 saturated heterocycles. The summed E-state index contributed by atoms with van der Waals surface area (Å²) in [6.45, 7) is 6.00. The van der Waals surface area contributed by atoms with Crippen LogP contribution in [0.4, 0.5) is 11.5 Å². The van der Waals surface area contributed by atoms with Gasteiger partial charge in [-0.1, -0.05) is 0 Å². The highest BCUT2D eigenvalue weighted by Gasteiger charge is 2.13. The monoisotopic (exact) mass is 269 g/mol. The molecule has 0 saturated carbocycles. The van der Waals surface area contributed by atoms with Crippen molar-refractivity contribution < 1.29 is 0 Å². The Bertz CT molecular complexity index is 605. The van der Waals surface area contributed by atoms with Crippen molar-refractivity contribution in [1.29, 1.82) is 0 Å². The number of hydrogen-bond donors (Lipinski definition) is 2. The number of piperazine rings is 1. The van der Waals surface area contributed by atoms with Crippen molar-refractivity contribution in [3.8, 4) is 11.4 Å². The normalized spacial score (nSPS) is 15.3. The number of rotatable bonds is 2. The van der Waals surface area contributed by atoms with E-state index in [4.69, 9.17) is 10.7 Å². The van der Waals surface area contributed by atoms with Crippen molar-refractivity contribution in [1.82, 2.24) is 15.3 Å². The molecular formula is C15H19N5. The average molecular weight is 269 g/mol. The van der Waals surface area contributed by atoms with E-state index in [1.54, 1.807) is 0 Å². The molecule has 1 fully saturated rings. The van der Waals surface area contributed by atoms with Gasteiger partial charge in [-0.05, 0) is 36.8 Å². The van der Waals surface area contributed by atoms with Gasteiger partial charge in [-0.2, -0.15) is 0 Å². The standard InChI is InChI=1S/C15H19N5/c1-11-10-12(16)2-3-13(11)15-18-5-4-14(19-15)20-8-6-17-7-9-20/h2-5,10,17H,6-9,16H2,1H3. The number of nitrogens with two attached hydrogens (primary N) is 1. The lowest BCUT2D eigenvalue weighted by Gasteiger charge is -2.28. The van der Waals surface area contributed by atoms with Crippen LogP contribution in [-0.2, 0) is 0 Å². The van der Waals surface area contributed by atoms with Gasteiger partial charge in [0, 0.05) is 43.6 Å². The van der Waals surface area contributed by atoms with Crippen LogP contribution in [0.2, 0.25) is 0 Å². The first-order chi connectivity index (χ1) is 9.74. The topological polar surface area (TPSA) is 67.1 Å². The number of nitrogen functional groups attached to an aromatic ring is 1. The minimum absolute atomic E-state index is 0.763. The summed E-state index contributed by atoms with van der Waals surface area (Å²) >= 11 is 0. The van der Waals surface area contributed by atoms with Gasteiger partial charge in [0.2, 0.25) is 0 Å². The molecule has 1 aliphatic rings. The molecule has 0 radical (unpaired) electrons. The van der Waals surface area contributed by atoms with Crippen molar-refractivity contribution in [3.63, 3.8) is 0 Å². The smallest absolute Gasteiger partial charge is 0.161 e. The first-order valence-electron chi connectivity index (χ1n) is 6.89. The fourth-order valence-corrected chi connectivity index (χ4v) is 2.49. The summed E-state index contributed by atoms with van der Waals surface area (Å²) in [4.78, 5) is 11.4. The van der Waals surface area contributed by atoms with Gasteiger partial charge in [-0.15, -0.1) is 0 Å². The zero-order valence-electron chi connectivity index (χ0n) is 11.6. The van der Waals surface area contributed by atoms with Crippen LogP contribution in [0.3, 0.4) is 0 Å². The van der Waals surface area contributed by atoms with E-state index in [2.05, 4.69) is 15.2 Å². The molecule has 0 amide bonds. The average Bonchev–Trinajstić information content (AvgIpc) is 2.48. The summed E-state index contributed by atoms with van der Waals surface area (Å²) in [5, 5.41) is 3.35. The van der Waals surface area contributed by atoms with Gasteiger partial charge in [0.1, 0.15) is 5.82 Å². The lowest BCUT2D eigenvalue weighted by Crippen LogP contribution is -2.43. The molecule has 5 nitrogen and oxygen atoms in total. The second kappa shape index (κ2) is 5.46. The summed E-state index contributed by atoms with van der Waals surface area (Å²) < 4.78 is 0. The first-order valence-corrected chi connectivity index (χ1v) is 6.89. The number of aromatic nitrogens is 2. The Kier molecular flexibility index (Phi) is 3.52. The van der Waals surface area contributed by atoms with Gasteiger partial charge >= 0.3 is 0 Å². The number of anilines is 2. The molecule has 5 heteroatoms. The Morgan fingerprint density at radius 3 is 2.75 bits per heavy atom. The van der Waals surface area contributed by atoms with Crippen LogP contribution in [0.1, 0.15) is 5.56 Å². The van der Waals surface area contributed by atoms with Gasteiger partial charge in [0.05, 0.1) is 0 Å². The van der Waals surface area contributed by atoms with Gasteiger partial charge in [-0.3, -0.25) is 0 Å². The van der Waals surface area contributed by atoms with Gasteiger partial charge in [0.15, 0.2) is 5.82 Å². The molecule has 1 aromatic heterocycles. The van der Waals surface area contributed by atoms with Gasteiger partial charge in [0.25, 0.3) is 0 Å². The number of benzene rings is 1. The van der Waals surface area contributed by atoms with E-state index < -0.39 is 0 Å². The van der Waals surface area contributed by atoms with E-state index >= 15 is 0 Å². The summed E-state index contributed by atoms with van der Waals surface area (Å²) in [6, 6.07) is 7.81. The molecule has 2 aromatic rings. The van der Waals surface area contributed by atoms with Crippen molar-refractivity contribution in [2.24, 2.45) is 0 Å². The lowest BCUT2D eigenvalue weighted by atomic mass is 10.1. The second-order valence-corrected chi connectivity index (χ2v) is 5.05. The second-order valence-electron chi connectivity index (χ2n) is 5.05. The minimum Gasteiger partial charge on any atom is -0.399 e. The van der Waals surface area contributed by atoms with Crippen molar-refractivity contribution >= 4 is 11.5 Å². The van der Waals surface area contributed by atoms with Crippen LogP contribution in [0.25, 0.3) is 11.4 Å². The van der Waals surface area contributed by atoms with Crippen molar-refractivity contribution in [2.75, 3.05) is 36.8 Å². The van der Waals surface area contributed by atoms with Crippen LogP contribution < -0.4 is 16.0 Å². The Morgan fingerprint density at radius 2 is 2.00 bits per heavy atom. The summed E-state index contributed by atoms with van der Waals surface area (Å²) in [7, 11) is 0. The Hall–Kier alpha value is -2.14. The molecule has 0 atom stereocenters. The van der Waals surface area contributed by atoms with E-state index in [1.807, 2.05) is 37.4 Å². The van der Waals surface area contributed by atoms with Crippen LogP contribution >= 0.6 is 0 Å². The van der Waals surface area contributed by atoms with Crippen molar-refractivity contribution in [2.45, 2.75) is 6.92 Å². The van der Waals surface area contributed by atoms with Crippen LogP contribution in [0, 0.1) is 6.92 Å². The number of nitrogens with zero attached hydrogens (tertiary/aromatic N) is 3. The molecule has 0 bridgehead atoms. The fraction of sp³-hybridized carbons (Fsp3) is 0.333. The third-order valence-corrected chi connectivity index (χ3v) is 3.57. The van der Waals surface area contributed by atoms with E-state index in [1.165, 1.54) is 0 Å². The summed E-state index contributed by atoms with van der Waals surface area (Å²) in [5.41, 5.74) is 8.70. The van der Waals surface area contributed by atoms with E-state index in [9.17, 15) is 0 Å². The molecular weight excluding hydrogens is 250 g/mol. The van der Waals surface area contributed by atoms with Crippen LogP contribution in [-0.4, -0.2) is 36.1 Å². The van der Waals surface area contributed by atoms with Crippen LogP contribution in [0.5, 0.6) is 0 Å². The molecule has 1 aromatic carbocycles. The minimum atomic E-state index is 0.763. The van der Waals surface area contributed by atoms with Crippen molar-refractivity contribution in [3.05, 3.63) is 36.0 Å². The quantitative estimate of drug-likeness (QED) is 0.808. The Balaban J connectivity index is 1.94. The maximum atomic E-state index is 5.80. The third-order valence-electron chi connectivity index (χ3n) is 3.57. The molecule has 0 spiro atoms. The summed E-state index contributed by atoms with van der Waals surface area (Å²) in [5.74, 6) is 1.76. The zero-order valence-corrected chi connectivity index (χ0v) is 11.6. The summed E-state index contributed by atoms with van der Waals surface area (Å²) in [6.07, 6.45) is 1.83. The molecule has 20 heavy (non-hydrogen) atoms. The number of nitrogens with one attached hydrogen (secondary N) is 1. The highest BCUT2D eigenvalue weighted by atomic mass is 15.2. The predicted octanol–water partition coefficient (Wildman–Crippen LogP) is 1.44. The zero-order chi connectivity index (χ0) is 13.9. The highest BCUT2D eigenvalue weighted by molar-refractivity contribution is 5.64. The number of aryl methyl sites for hydroxylation is 1. The van der Waals surface area contributed by atoms with Gasteiger partial charge < -0.3 is 16.0 Å². The van der Waals surface area contributed by atoms with Gasteiger partial charge in [-0.25, -0.2) is 9.97 Å². The molecule has 1 aliphatic heterocycles. The SMILES string of the molecule is Cc1cc(N)ccc1-c1nccc(N2CCNCC2)n1. The molecule has 2 heterocycles. The largest absolute Gasteiger partial charge is 0.399 e. The lowest BCUT2D eigenvalue weighted by molar-refractivity contribution is 0.585. The maximum absolute atomic E-state index is 5.80. The Morgan fingerprint density at radius 1 is 1.20 bits per heavy atom. The molecule has 3 N–H and O–H groups in total. The maximum Gasteiger partial charge on any atom is 0.161 e. The van der Waals surface area contributed by atoms with Crippen LogP contribution in [0.15, 0.2) is 30.5 Å². The van der Waals surface area contributed by atoms with E-state index in [-0.39, 0.29) is 0 Å². The third kappa shape index (κ3) is 2.58. The number of hydrogen-bond acceptors (Lipinski definition) is 5. The first kappa shape index (κ1) is 12.9. The van der Waals surface area contributed by atoms with E-state index in [0.29, 0.717) is 0 Å². The van der Waals surface area contributed by atoms with E-state index in [0.717, 1.165) is 54.6 Å². The Labute approximate surface area is 118 Å². The predicted molar refractivity (Wildman–Crippen MR) is 81.7 cm³/mol.